The topological polar surface area (TPSA) is 72.6 Å². The molecule has 8 heteroatoms. The van der Waals surface area contributed by atoms with Crippen molar-refractivity contribution in [3.8, 4) is 5.75 Å². The van der Waals surface area contributed by atoms with Crippen molar-refractivity contribution in [2.24, 2.45) is 17.6 Å². The number of ether oxygens (including phenoxy) is 1. The lowest BCUT2D eigenvalue weighted by Gasteiger charge is -2.20. The minimum atomic E-state index is -3.54. The van der Waals surface area contributed by atoms with Gasteiger partial charge in [0.05, 0.1) is 17.0 Å². The molecule has 1 saturated heterocycles. The fourth-order valence-electron chi connectivity index (χ4n) is 3.67. The van der Waals surface area contributed by atoms with Gasteiger partial charge in [-0.25, -0.2) is 8.42 Å². The molecule has 0 radical (unpaired) electrons. The van der Waals surface area contributed by atoms with Crippen LogP contribution in [0.25, 0.3) is 0 Å². The fraction of sp³-hybridized carbons (Fsp3) is 0.600. The number of fused-ring (bicyclic) bond motifs is 1. The number of hydrogen-bond donors (Lipinski definition) is 1. The third kappa shape index (κ3) is 3.20. The first kappa shape index (κ1) is 18.8. The van der Waals surface area contributed by atoms with Crippen molar-refractivity contribution in [1.29, 1.82) is 0 Å². The third-order valence-electron chi connectivity index (χ3n) is 4.95. The van der Waals surface area contributed by atoms with E-state index in [9.17, 15) is 8.42 Å². The van der Waals surface area contributed by atoms with Crippen molar-refractivity contribution in [2.75, 3.05) is 20.2 Å². The van der Waals surface area contributed by atoms with E-state index >= 15 is 0 Å². The molecular formula is C15H22Cl2N2O3S. The zero-order valence-corrected chi connectivity index (χ0v) is 15.5. The maximum absolute atomic E-state index is 12.9. The van der Waals surface area contributed by atoms with Gasteiger partial charge in [0, 0.05) is 19.1 Å². The Hall–Kier alpha value is -0.530. The number of sulfonamides is 1. The molecule has 2 aliphatic rings. The fourth-order valence-corrected chi connectivity index (χ4v) is 5.75. The van der Waals surface area contributed by atoms with Crippen LogP contribution in [-0.4, -0.2) is 39.0 Å². The number of methoxy groups -OCH3 is 1. The predicted molar refractivity (Wildman–Crippen MR) is 92.9 cm³/mol. The van der Waals surface area contributed by atoms with Gasteiger partial charge < -0.3 is 10.5 Å². The molecule has 1 aliphatic carbocycles. The van der Waals surface area contributed by atoms with Crippen LogP contribution in [0.4, 0.5) is 0 Å². The molecule has 2 N–H and O–H groups in total. The minimum Gasteiger partial charge on any atom is -0.495 e. The summed E-state index contributed by atoms with van der Waals surface area (Å²) in [6.07, 6.45) is 2.01. The molecule has 5 nitrogen and oxygen atoms in total. The van der Waals surface area contributed by atoms with E-state index in [4.69, 9.17) is 22.1 Å². The van der Waals surface area contributed by atoms with E-state index in [2.05, 4.69) is 0 Å². The molecular weight excluding hydrogens is 359 g/mol. The van der Waals surface area contributed by atoms with Crippen molar-refractivity contribution in [2.45, 2.75) is 30.7 Å². The van der Waals surface area contributed by atoms with Crippen LogP contribution in [0.1, 0.15) is 18.4 Å². The summed E-state index contributed by atoms with van der Waals surface area (Å²) in [5.74, 6) is 1.15. The van der Waals surface area contributed by atoms with Crippen LogP contribution in [0.15, 0.2) is 17.0 Å². The molecule has 130 valence electrons. The molecule has 1 saturated carbocycles. The van der Waals surface area contributed by atoms with Crippen molar-refractivity contribution in [3.05, 3.63) is 22.7 Å². The molecule has 0 spiro atoms. The lowest BCUT2D eigenvalue weighted by atomic mass is 9.98. The van der Waals surface area contributed by atoms with Crippen LogP contribution in [0, 0.1) is 18.8 Å². The van der Waals surface area contributed by atoms with E-state index in [1.165, 1.54) is 13.2 Å². The Morgan fingerprint density at radius 3 is 2.61 bits per heavy atom. The standard InChI is InChI=1S/C15H21ClN2O3S.ClH/c1-9-5-14(21-2)12(16)6-15(9)22(19,20)18-7-10-3-4-13(17)11(10)8-18;/h5-6,10-11,13H,3-4,7-8,17H2,1-2H3;1H. The third-order valence-corrected chi connectivity index (χ3v) is 7.22. The smallest absolute Gasteiger partial charge is 0.243 e. The van der Waals surface area contributed by atoms with Gasteiger partial charge in [0.2, 0.25) is 10.0 Å². The number of hydrogen-bond acceptors (Lipinski definition) is 4. The molecule has 0 amide bonds. The lowest BCUT2D eigenvalue weighted by molar-refractivity contribution is 0.413. The predicted octanol–water partition coefficient (Wildman–Crippen LogP) is 2.44. The van der Waals surface area contributed by atoms with Gasteiger partial charge in [0.15, 0.2) is 0 Å². The largest absolute Gasteiger partial charge is 0.495 e. The summed E-state index contributed by atoms with van der Waals surface area (Å²) < 4.78 is 32.6. The van der Waals surface area contributed by atoms with E-state index in [0.717, 1.165) is 12.8 Å². The molecule has 3 unspecified atom stereocenters. The Labute approximate surface area is 148 Å². The number of benzene rings is 1. The molecule has 1 aromatic carbocycles. The first-order chi connectivity index (χ1) is 10.3. The SMILES string of the molecule is COc1cc(C)c(S(=O)(=O)N2CC3CCC(N)C3C2)cc1Cl.Cl. The van der Waals surface area contributed by atoms with Gasteiger partial charge in [-0.1, -0.05) is 11.6 Å². The highest BCUT2D eigenvalue weighted by Crippen LogP contribution is 2.40. The Kier molecular flexibility index (Phi) is 5.53. The summed E-state index contributed by atoms with van der Waals surface area (Å²) in [4.78, 5) is 0.256. The number of aryl methyl sites for hydroxylation is 1. The average molecular weight is 381 g/mol. The second-order valence-corrected chi connectivity index (χ2v) is 8.55. The van der Waals surface area contributed by atoms with Gasteiger partial charge in [-0.3, -0.25) is 0 Å². The molecule has 3 atom stereocenters. The first-order valence-electron chi connectivity index (χ1n) is 7.44. The summed E-state index contributed by atoms with van der Waals surface area (Å²) in [5, 5.41) is 0.308. The zero-order valence-electron chi connectivity index (χ0n) is 13.2. The van der Waals surface area contributed by atoms with E-state index in [-0.39, 0.29) is 29.3 Å². The van der Waals surface area contributed by atoms with Crippen molar-refractivity contribution >= 4 is 34.0 Å². The second-order valence-electron chi connectivity index (χ2n) is 6.24. The van der Waals surface area contributed by atoms with Gasteiger partial charge in [0.1, 0.15) is 5.75 Å². The Morgan fingerprint density at radius 1 is 1.30 bits per heavy atom. The maximum Gasteiger partial charge on any atom is 0.243 e. The highest BCUT2D eigenvalue weighted by atomic mass is 35.5. The van der Waals surface area contributed by atoms with Crippen LogP contribution < -0.4 is 10.5 Å². The minimum absolute atomic E-state index is 0. The van der Waals surface area contributed by atoms with Crippen molar-refractivity contribution < 1.29 is 13.2 Å². The van der Waals surface area contributed by atoms with Crippen molar-refractivity contribution in [1.82, 2.24) is 4.31 Å². The van der Waals surface area contributed by atoms with E-state index in [1.54, 1.807) is 17.3 Å². The molecule has 23 heavy (non-hydrogen) atoms. The Bertz CT molecular complexity index is 696. The molecule has 1 aromatic rings. The number of rotatable bonds is 3. The summed E-state index contributed by atoms with van der Waals surface area (Å²) in [6.45, 7) is 2.83. The highest BCUT2D eigenvalue weighted by Gasteiger charge is 2.45. The molecule has 0 bridgehead atoms. The van der Waals surface area contributed by atoms with Gasteiger partial charge >= 0.3 is 0 Å². The summed E-state index contributed by atoms with van der Waals surface area (Å²) in [7, 11) is -2.03. The van der Waals surface area contributed by atoms with Crippen LogP contribution in [-0.2, 0) is 10.0 Å². The Balaban J connectivity index is 0.00000192. The van der Waals surface area contributed by atoms with Crippen LogP contribution >= 0.6 is 24.0 Å². The van der Waals surface area contributed by atoms with Crippen molar-refractivity contribution in [3.63, 3.8) is 0 Å². The number of halogens is 2. The highest BCUT2D eigenvalue weighted by molar-refractivity contribution is 7.89. The normalized spacial score (nSPS) is 27.6. The quantitative estimate of drug-likeness (QED) is 0.873. The molecule has 2 fully saturated rings. The molecule has 3 rings (SSSR count). The molecule has 1 heterocycles. The number of nitrogens with zero attached hydrogens (tertiary/aromatic N) is 1. The number of nitrogens with two attached hydrogens (primary N) is 1. The summed E-state index contributed by atoms with van der Waals surface area (Å²) >= 11 is 6.11. The van der Waals surface area contributed by atoms with E-state index in [0.29, 0.717) is 35.3 Å². The average Bonchev–Trinajstić information content (AvgIpc) is 3.04. The second kappa shape index (κ2) is 6.76. The summed E-state index contributed by atoms with van der Waals surface area (Å²) in [6, 6.07) is 3.27. The van der Waals surface area contributed by atoms with Gasteiger partial charge in [0.25, 0.3) is 0 Å². The van der Waals surface area contributed by atoms with E-state index < -0.39 is 10.0 Å². The van der Waals surface area contributed by atoms with Crippen LogP contribution in [0.2, 0.25) is 5.02 Å². The van der Waals surface area contributed by atoms with Gasteiger partial charge in [-0.05, 0) is 49.3 Å². The first-order valence-corrected chi connectivity index (χ1v) is 9.26. The lowest BCUT2D eigenvalue weighted by Crippen LogP contribution is -2.33. The zero-order chi connectivity index (χ0) is 16.1. The van der Waals surface area contributed by atoms with Crippen LogP contribution in [0.5, 0.6) is 5.75 Å². The monoisotopic (exact) mass is 380 g/mol. The van der Waals surface area contributed by atoms with Crippen LogP contribution in [0.3, 0.4) is 0 Å². The Morgan fingerprint density at radius 2 is 2.00 bits per heavy atom. The molecule has 0 aromatic heterocycles. The summed E-state index contributed by atoms with van der Waals surface area (Å²) in [5.41, 5.74) is 6.74. The van der Waals surface area contributed by atoms with E-state index in [1.807, 2.05) is 0 Å². The molecule has 1 aliphatic heterocycles. The maximum atomic E-state index is 12.9. The van der Waals surface area contributed by atoms with Gasteiger partial charge in [-0.2, -0.15) is 4.31 Å². The van der Waals surface area contributed by atoms with Gasteiger partial charge in [-0.15, -0.1) is 12.4 Å².